The van der Waals surface area contributed by atoms with E-state index in [-0.39, 0.29) is 18.3 Å². The van der Waals surface area contributed by atoms with E-state index in [1.807, 2.05) is 42.3 Å². The summed E-state index contributed by atoms with van der Waals surface area (Å²) in [7, 11) is 0. The lowest BCUT2D eigenvalue weighted by Gasteiger charge is -2.22. The van der Waals surface area contributed by atoms with Gasteiger partial charge in [0.25, 0.3) is 0 Å². The topological polar surface area (TPSA) is 41.1 Å². The van der Waals surface area contributed by atoms with E-state index in [9.17, 15) is 4.79 Å². The molecule has 6 heteroatoms. The number of thioether (sulfide) groups is 2. The first-order valence-electron chi connectivity index (χ1n) is 6.03. The van der Waals surface area contributed by atoms with Gasteiger partial charge in [0.05, 0.1) is 5.69 Å². The first-order valence-corrected chi connectivity index (χ1v) is 8.41. The Morgan fingerprint density at radius 2 is 2.32 bits per heavy atom. The molecular weight excluding hydrogens is 300 g/mol. The third kappa shape index (κ3) is 5.26. The molecule has 0 aliphatic carbocycles. The van der Waals surface area contributed by atoms with Crippen LogP contribution in [0.2, 0.25) is 0 Å². The molecule has 2 rings (SSSR count). The van der Waals surface area contributed by atoms with Crippen LogP contribution in [0, 0.1) is 0 Å². The van der Waals surface area contributed by atoms with Crippen molar-refractivity contribution in [3.63, 3.8) is 0 Å². The molecule has 1 saturated heterocycles. The molecule has 1 atom stereocenters. The predicted octanol–water partition coefficient (Wildman–Crippen LogP) is 2.86. The fraction of sp³-hybridized carbons (Fsp3) is 0.462. The molecule has 1 aliphatic heterocycles. The van der Waals surface area contributed by atoms with Crippen molar-refractivity contribution in [3.05, 3.63) is 24.3 Å². The molecule has 0 spiro atoms. The molecular formula is C13H19ClN2OS2. The summed E-state index contributed by atoms with van der Waals surface area (Å²) < 4.78 is 0. The maximum absolute atomic E-state index is 12.0. The van der Waals surface area contributed by atoms with Crippen LogP contribution < -0.4 is 10.6 Å². The number of para-hydroxylation sites is 1. The number of amides is 1. The summed E-state index contributed by atoms with van der Waals surface area (Å²) in [5.41, 5.74) is 0.915. The fourth-order valence-corrected chi connectivity index (χ4v) is 3.43. The average Bonchev–Trinajstić information content (AvgIpc) is 2.40. The Kier molecular flexibility index (Phi) is 7.68. The minimum Gasteiger partial charge on any atom is -0.325 e. The Bertz CT molecular complexity index is 411. The molecule has 1 unspecified atom stereocenters. The second kappa shape index (κ2) is 8.74. The first-order chi connectivity index (χ1) is 8.79. The number of rotatable bonds is 4. The zero-order chi connectivity index (χ0) is 12.8. The Balaban J connectivity index is 0.00000180. The minimum atomic E-state index is 0. The molecule has 3 nitrogen and oxygen atoms in total. The van der Waals surface area contributed by atoms with Crippen LogP contribution in [0.15, 0.2) is 29.2 Å². The van der Waals surface area contributed by atoms with Gasteiger partial charge in [0.15, 0.2) is 0 Å². The van der Waals surface area contributed by atoms with Crippen molar-refractivity contribution in [2.45, 2.75) is 17.4 Å². The van der Waals surface area contributed by atoms with Gasteiger partial charge in [-0.05, 0) is 18.4 Å². The standard InChI is InChI=1S/C13H18N2OS2.ClH/c1-17-12-5-3-2-4-11(12)15-13(16)8-10-9-18-7-6-14-10;/h2-5,10,14H,6-9H2,1H3,(H,15,16);1H. The summed E-state index contributed by atoms with van der Waals surface area (Å²) in [5, 5.41) is 6.38. The summed E-state index contributed by atoms with van der Waals surface area (Å²) in [6, 6.07) is 8.22. The Morgan fingerprint density at radius 1 is 1.53 bits per heavy atom. The molecule has 1 aromatic rings. The fourth-order valence-electron chi connectivity index (χ4n) is 1.92. The van der Waals surface area contributed by atoms with Gasteiger partial charge in [-0.1, -0.05) is 12.1 Å². The van der Waals surface area contributed by atoms with Crippen LogP contribution in [0.25, 0.3) is 0 Å². The van der Waals surface area contributed by atoms with Gasteiger partial charge >= 0.3 is 0 Å². The second-order valence-electron chi connectivity index (χ2n) is 4.18. The number of anilines is 1. The smallest absolute Gasteiger partial charge is 0.226 e. The van der Waals surface area contributed by atoms with E-state index in [4.69, 9.17) is 0 Å². The van der Waals surface area contributed by atoms with Gasteiger partial charge in [0, 0.05) is 35.4 Å². The number of halogens is 1. The van der Waals surface area contributed by atoms with Gasteiger partial charge in [0.2, 0.25) is 5.91 Å². The van der Waals surface area contributed by atoms with Gasteiger partial charge in [-0.15, -0.1) is 24.2 Å². The van der Waals surface area contributed by atoms with E-state index in [1.54, 1.807) is 11.8 Å². The zero-order valence-corrected chi connectivity index (χ0v) is 13.3. The minimum absolute atomic E-state index is 0. The largest absolute Gasteiger partial charge is 0.325 e. The van der Waals surface area contributed by atoms with Crippen molar-refractivity contribution >= 4 is 47.5 Å². The van der Waals surface area contributed by atoms with Gasteiger partial charge in [-0.3, -0.25) is 4.79 Å². The number of benzene rings is 1. The normalized spacial score (nSPS) is 18.5. The molecule has 1 aliphatic rings. The first kappa shape index (κ1) is 16.7. The molecule has 106 valence electrons. The summed E-state index contributed by atoms with van der Waals surface area (Å²) in [4.78, 5) is 13.1. The van der Waals surface area contributed by atoms with E-state index in [0.717, 1.165) is 28.6 Å². The average molecular weight is 319 g/mol. The maximum atomic E-state index is 12.0. The number of carbonyl (C=O) groups is 1. The van der Waals surface area contributed by atoms with E-state index >= 15 is 0 Å². The lowest BCUT2D eigenvalue weighted by molar-refractivity contribution is -0.116. The summed E-state index contributed by atoms with van der Waals surface area (Å²) in [6.45, 7) is 1.00. The van der Waals surface area contributed by atoms with E-state index in [0.29, 0.717) is 12.5 Å². The Hall–Kier alpha value is -0.360. The molecule has 19 heavy (non-hydrogen) atoms. The zero-order valence-electron chi connectivity index (χ0n) is 10.8. The van der Waals surface area contributed by atoms with Crippen molar-refractivity contribution < 1.29 is 4.79 Å². The lowest BCUT2D eigenvalue weighted by atomic mass is 10.2. The van der Waals surface area contributed by atoms with Crippen LogP contribution in [0.1, 0.15) is 6.42 Å². The maximum Gasteiger partial charge on any atom is 0.226 e. The summed E-state index contributed by atoms with van der Waals surface area (Å²) in [5.74, 6) is 2.27. The monoisotopic (exact) mass is 318 g/mol. The molecule has 0 bridgehead atoms. The van der Waals surface area contributed by atoms with Gasteiger partial charge in [-0.2, -0.15) is 11.8 Å². The van der Waals surface area contributed by atoms with E-state index in [1.165, 1.54) is 0 Å². The number of nitrogens with one attached hydrogen (secondary N) is 2. The molecule has 2 N–H and O–H groups in total. The SMILES string of the molecule is CSc1ccccc1NC(=O)CC1CSCCN1.Cl. The highest BCUT2D eigenvalue weighted by Gasteiger charge is 2.17. The molecule has 1 fully saturated rings. The molecule has 0 saturated carbocycles. The predicted molar refractivity (Wildman–Crippen MR) is 87.8 cm³/mol. The quantitative estimate of drug-likeness (QED) is 0.838. The summed E-state index contributed by atoms with van der Waals surface area (Å²) in [6.07, 6.45) is 2.57. The highest BCUT2D eigenvalue weighted by molar-refractivity contribution is 7.99. The Morgan fingerprint density at radius 3 is 3.00 bits per heavy atom. The lowest BCUT2D eigenvalue weighted by Crippen LogP contribution is -2.39. The molecule has 1 aromatic carbocycles. The third-order valence-electron chi connectivity index (χ3n) is 2.81. The van der Waals surface area contributed by atoms with E-state index in [2.05, 4.69) is 10.6 Å². The molecule has 0 radical (unpaired) electrons. The van der Waals surface area contributed by atoms with Gasteiger partial charge in [0.1, 0.15) is 0 Å². The number of hydrogen-bond donors (Lipinski definition) is 2. The van der Waals surface area contributed by atoms with Crippen LogP contribution in [0.3, 0.4) is 0 Å². The van der Waals surface area contributed by atoms with Crippen LogP contribution in [-0.2, 0) is 4.79 Å². The van der Waals surface area contributed by atoms with E-state index < -0.39 is 0 Å². The number of carbonyl (C=O) groups excluding carboxylic acids is 1. The van der Waals surface area contributed by atoms with Crippen LogP contribution in [0.4, 0.5) is 5.69 Å². The van der Waals surface area contributed by atoms with Crippen molar-refractivity contribution in [1.82, 2.24) is 5.32 Å². The Labute approximate surface area is 129 Å². The second-order valence-corrected chi connectivity index (χ2v) is 6.18. The highest BCUT2D eigenvalue weighted by Crippen LogP contribution is 2.24. The van der Waals surface area contributed by atoms with Crippen molar-refractivity contribution in [1.29, 1.82) is 0 Å². The molecule has 1 heterocycles. The van der Waals surface area contributed by atoms with Crippen molar-refractivity contribution in [2.24, 2.45) is 0 Å². The van der Waals surface area contributed by atoms with Crippen molar-refractivity contribution in [3.8, 4) is 0 Å². The van der Waals surface area contributed by atoms with Crippen LogP contribution in [-0.4, -0.2) is 36.3 Å². The van der Waals surface area contributed by atoms with Crippen molar-refractivity contribution in [2.75, 3.05) is 29.6 Å². The van der Waals surface area contributed by atoms with Gasteiger partial charge in [-0.25, -0.2) is 0 Å². The van der Waals surface area contributed by atoms with Crippen LogP contribution >= 0.6 is 35.9 Å². The molecule has 0 aromatic heterocycles. The summed E-state index contributed by atoms with van der Waals surface area (Å²) >= 11 is 3.56. The van der Waals surface area contributed by atoms with Crippen LogP contribution in [0.5, 0.6) is 0 Å². The molecule has 1 amide bonds. The number of hydrogen-bond acceptors (Lipinski definition) is 4. The third-order valence-corrected chi connectivity index (χ3v) is 4.74. The van der Waals surface area contributed by atoms with Gasteiger partial charge < -0.3 is 10.6 Å². The highest BCUT2D eigenvalue weighted by atomic mass is 35.5.